The Kier molecular flexibility index (Phi) is 4.89. The van der Waals surface area contributed by atoms with Gasteiger partial charge in [0.15, 0.2) is 5.75 Å². The fraction of sp³-hybridized carbons (Fsp3) is 0.0625. The number of sulfonamides is 1. The molecule has 0 aliphatic carbocycles. The molecule has 2 N–H and O–H groups in total. The minimum Gasteiger partial charge on any atom is -0.505 e. The van der Waals surface area contributed by atoms with Gasteiger partial charge < -0.3 is 5.11 Å². The third-order valence-corrected chi connectivity index (χ3v) is 5.27. The van der Waals surface area contributed by atoms with Crippen LogP contribution in [-0.2, 0) is 16.6 Å². The van der Waals surface area contributed by atoms with Crippen molar-refractivity contribution >= 4 is 38.9 Å². The van der Waals surface area contributed by atoms with E-state index in [2.05, 4.69) is 9.82 Å². The average molecular weight is 398 g/mol. The van der Waals surface area contributed by atoms with Gasteiger partial charge in [-0.1, -0.05) is 35.3 Å². The number of anilines is 1. The summed E-state index contributed by atoms with van der Waals surface area (Å²) in [6, 6.07) is 11.1. The van der Waals surface area contributed by atoms with Crippen LogP contribution in [0.15, 0.2) is 59.8 Å². The molecule has 2 aromatic carbocycles. The molecule has 25 heavy (non-hydrogen) atoms. The zero-order valence-corrected chi connectivity index (χ0v) is 15.1. The second-order valence-corrected chi connectivity index (χ2v) is 7.74. The molecular formula is C16H13Cl2N3O3S. The summed E-state index contributed by atoms with van der Waals surface area (Å²) in [7, 11) is -4.06. The summed E-state index contributed by atoms with van der Waals surface area (Å²) in [5.41, 5.74) is 1.21. The summed E-state index contributed by atoms with van der Waals surface area (Å²) in [4.78, 5) is -0.387. The molecular weight excluding hydrogens is 385 g/mol. The van der Waals surface area contributed by atoms with Gasteiger partial charge in [-0.2, -0.15) is 5.10 Å². The third-order valence-electron chi connectivity index (χ3n) is 3.37. The zero-order chi connectivity index (χ0) is 18.0. The molecule has 1 heterocycles. The number of aromatic hydroxyl groups is 1. The Morgan fingerprint density at radius 2 is 1.96 bits per heavy atom. The maximum atomic E-state index is 12.5. The van der Waals surface area contributed by atoms with Crippen molar-refractivity contribution in [3.8, 4) is 5.75 Å². The third kappa shape index (κ3) is 4.07. The Labute approximate surface area is 154 Å². The van der Waals surface area contributed by atoms with E-state index >= 15 is 0 Å². The zero-order valence-electron chi connectivity index (χ0n) is 12.7. The summed E-state index contributed by atoms with van der Waals surface area (Å²) >= 11 is 11.6. The Bertz CT molecular complexity index is 1010. The summed E-state index contributed by atoms with van der Waals surface area (Å²) in [6.45, 7) is 0.497. The fourth-order valence-electron chi connectivity index (χ4n) is 2.27. The van der Waals surface area contributed by atoms with Crippen molar-refractivity contribution in [2.24, 2.45) is 0 Å². The minimum atomic E-state index is -4.06. The lowest BCUT2D eigenvalue weighted by Gasteiger charge is -2.12. The number of benzene rings is 2. The molecule has 9 heteroatoms. The highest BCUT2D eigenvalue weighted by Gasteiger charge is 2.22. The number of halogens is 2. The Morgan fingerprint density at radius 1 is 1.16 bits per heavy atom. The van der Waals surface area contributed by atoms with Gasteiger partial charge in [0.05, 0.1) is 11.6 Å². The number of aromatic nitrogens is 2. The van der Waals surface area contributed by atoms with E-state index in [1.807, 2.05) is 12.3 Å². The Morgan fingerprint density at radius 3 is 2.68 bits per heavy atom. The molecule has 6 nitrogen and oxygen atoms in total. The number of phenols is 1. The standard InChI is InChI=1S/C16H13Cl2N3O3S/c17-12-8-14(18)16(22)15(9-12)25(23,24)20-13-4-1-3-11(7-13)10-21-6-2-5-19-21/h1-9,20,22H,10H2. The van der Waals surface area contributed by atoms with Crippen LogP contribution in [0.5, 0.6) is 5.75 Å². The highest BCUT2D eigenvalue weighted by molar-refractivity contribution is 7.92. The van der Waals surface area contributed by atoms with Crippen LogP contribution in [0.3, 0.4) is 0 Å². The van der Waals surface area contributed by atoms with Crippen LogP contribution in [0.2, 0.25) is 10.0 Å². The summed E-state index contributed by atoms with van der Waals surface area (Å²) in [5, 5.41) is 14.0. The van der Waals surface area contributed by atoms with Gasteiger partial charge in [-0.3, -0.25) is 9.40 Å². The van der Waals surface area contributed by atoms with Gasteiger partial charge in [-0.15, -0.1) is 0 Å². The average Bonchev–Trinajstić information content (AvgIpc) is 3.03. The Balaban J connectivity index is 1.89. The van der Waals surface area contributed by atoms with Crippen molar-refractivity contribution in [1.82, 2.24) is 9.78 Å². The van der Waals surface area contributed by atoms with Crippen molar-refractivity contribution in [2.75, 3.05) is 4.72 Å². The monoisotopic (exact) mass is 397 g/mol. The molecule has 0 atom stereocenters. The number of nitrogens with zero attached hydrogens (tertiary/aromatic N) is 2. The summed E-state index contributed by atoms with van der Waals surface area (Å²) in [6.07, 6.45) is 3.47. The van der Waals surface area contributed by atoms with Gasteiger partial charge in [0, 0.05) is 23.1 Å². The van der Waals surface area contributed by atoms with Crippen LogP contribution in [0.4, 0.5) is 5.69 Å². The summed E-state index contributed by atoms with van der Waals surface area (Å²) < 4.78 is 29.2. The number of hydrogen-bond acceptors (Lipinski definition) is 4. The lowest BCUT2D eigenvalue weighted by molar-refractivity contribution is 0.459. The summed E-state index contributed by atoms with van der Waals surface area (Å²) in [5.74, 6) is -0.550. The second-order valence-electron chi connectivity index (χ2n) is 5.24. The van der Waals surface area contributed by atoms with Gasteiger partial charge in [-0.05, 0) is 35.9 Å². The molecule has 0 aliphatic rings. The van der Waals surface area contributed by atoms with E-state index in [0.717, 1.165) is 11.6 Å². The van der Waals surface area contributed by atoms with Gasteiger partial charge in [0.1, 0.15) is 4.90 Å². The topological polar surface area (TPSA) is 84.2 Å². The lowest BCUT2D eigenvalue weighted by atomic mass is 10.2. The van der Waals surface area contributed by atoms with Crippen LogP contribution in [0, 0.1) is 0 Å². The van der Waals surface area contributed by atoms with Gasteiger partial charge in [0.25, 0.3) is 10.0 Å². The van der Waals surface area contributed by atoms with E-state index < -0.39 is 15.8 Å². The number of nitrogens with one attached hydrogen (secondary N) is 1. The molecule has 0 saturated carbocycles. The van der Waals surface area contributed by atoms with E-state index in [-0.39, 0.29) is 14.9 Å². The van der Waals surface area contributed by atoms with Crippen molar-refractivity contribution in [3.05, 3.63) is 70.5 Å². The van der Waals surface area contributed by atoms with Crippen LogP contribution in [0.1, 0.15) is 5.56 Å². The molecule has 0 amide bonds. The molecule has 0 aliphatic heterocycles. The molecule has 0 bridgehead atoms. The smallest absolute Gasteiger partial charge is 0.265 e. The Hall–Kier alpha value is -2.22. The molecule has 3 rings (SSSR count). The van der Waals surface area contributed by atoms with E-state index in [0.29, 0.717) is 12.2 Å². The molecule has 3 aromatic rings. The molecule has 1 aromatic heterocycles. The lowest BCUT2D eigenvalue weighted by Crippen LogP contribution is -2.13. The van der Waals surface area contributed by atoms with Crippen molar-refractivity contribution in [1.29, 1.82) is 0 Å². The SMILES string of the molecule is O=S(=O)(Nc1cccc(Cn2cccn2)c1)c1cc(Cl)cc(Cl)c1O. The van der Waals surface area contributed by atoms with Crippen molar-refractivity contribution < 1.29 is 13.5 Å². The first kappa shape index (κ1) is 17.6. The number of rotatable bonds is 5. The van der Waals surface area contributed by atoms with Crippen LogP contribution < -0.4 is 4.72 Å². The number of hydrogen-bond donors (Lipinski definition) is 2. The van der Waals surface area contributed by atoms with Crippen LogP contribution in [0.25, 0.3) is 0 Å². The highest BCUT2D eigenvalue weighted by Crippen LogP contribution is 2.35. The molecule has 0 unspecified atom stereocenters. The van der Waals surface area contributed by atoms with Crippen molar-refractivity contribution in [2.45, 2.75) is 11.4 Å². The normalized spacial score (nSPS) is 11.4. The molecule has 0 fully saturated rings. The predicted molar refractivity (Wildman–Crippen MR) is 96.7 cm³/mol. The minimum absolute atomic E-state index is 0.107. The van der Waals surface area contributed by atoms with Gasteiger partial charge in [-0.25, -0.2) is 8.42 Å². The maximum Gasteiger partial charge on any atom is 0.265 e. The molecule has 0 radical (unpaired) electrons. The van der Waals surface area contributed by atoms with Crippen LogP contribution >= 0.6 is 23.2 Å². The van der Waals surface area contributed by atoms with Gasteiger partial charge in [0.2, 0.25) is 0 Å². The molecule has 130 valence electrons. The predicted octanol–water partition coefficient (Wildman–Crippen LogP) is 3.74. The molecule has 0 spiro atoms. The quantitative estimate of drug-likeness (QED) is 0.686. The first-order valence-electron chi connectivity index (χ1n) is 7.12. The van der Waals surface area contributed by atoms with E-state index in [1.54, 1.807) is 35.1 Å². The highest BCUT2D eigenvalue weighted by atomic mass is 35.5. The first-order valence-corrected chi connectivity index (χ1v) is 9.36. The second kappa shape index (κ2) is 6.95. The maximum absolute atomic E-state index is 12.5. The molecule has 0 saturated heterocycles. The fourth-order valence-corrected chi connectivity index (χ4v) is 4.08. The van der Waals surface area contributed by atoms with Gasteiger partial charge >= 0.3 is 0 Å². The van der Waals surface area contributed by atoms with Crippen LogP contribution in [-0.4, -0.2) is 23.3 Å². The van der Waals surface area contributed by atoms with Crippen molar-refractivity contribution in [3.63, 3.8) is 0 Å². The number of phenolic OH excluding ortho intramolecular Hbond substituents is 1. The van der Waals surface area contributed by atoms with E-state index in [4.69, 9.17) is 23.2 Å². The van der Waals surface area contributed by atoms with E-state index in [9.17, 15) is 13.5 Å². The largest absolute Gasteiger partial charge is 0.505 e. The van der Waals surface area contributed by atoms with E-state index in [1.165, 1.54) is 6.07 Å². The first-order chi connectivity index (χ1) is 11.8.